The molecule has 7 heteroatoms. The SMILES string of the molecule is CCN(CC)C(=O)c1nc(C(=O)Nc2ccccc2C#N)n2ccccc12. The molecule has 0 spiro atoms. The third kappa shape index (κ3) is 3.37. The fourth-order valence-corrected chi connectivity index (χ4v) is 2.88. The van der Waals surface area contributed by atoms with E-state index in [1.165, 1.54) is 0 Å². The molecule has 27 heavy (non-hydrogen) atoms. The van der Waals surface area contributed by atoms with Crippen LogP contribution in [0, 0.1) is 11.3 Å². The lowest BCUT2D eigenvalue weighted by molar-refractivity contribution is 0.0769. The number of hydrogen-bond donors (Lipinski definition) is 1. The molecule has 2 aromatic heterocycles. The van der Waals surface area contributed by atoms with E-state index in [9.17, 15) is 14.9 Å². The van der Waals surface area contributed by atoms with Gasteiger partial charge in [0.2, 0.25) is 5.82 Å². The number of nitrogens with one attached hydrogen (secondary N) is 1. The van der Waals surface area contributed by atoms with Crippen molar-refractivity contribution < 1.29 is 9.59 Å². The van der Waals surface area contributed by atoms with Crippen LogP contribution in [0.25, 0.3) is 5.52 Å². The minimum Gasteiger partial charge on any atom is -0.338 e. The summed E-state index contributed by atoms with van der Waals surface area (Å²) in [4.78, 5) is 31.6. The summed E-state index contributed by atoms with van der Waals surface area (Å²) in [5.74, 6) is -0.619. The number of carbonyl (C=O) groups is 2. The van der Waals surface area contributed by atoms with Gasteiger partial charge in [0, 0.05) is 19.3 Å². The molecule has 0 saturated carbocycles. The molecule has 2 amide bonds. The van der Waals surface area contributed by atoms with Crippen molar-refractivity contribution in [1.82, 2.24) is 14.3 Å². The van der Waals surface area contributed by atoms with E-state index in [4.69, 9.17) is 0 Å². The van der Waals surface area contributed by atoms with Crippen LogP contribution in [0.1, 0.15) is 40.5 Å². The molecule has 2 heterocycles. The summed E-state index contributed by atoms with van der Waals surface area (Å²) in [6, 6.07) is 14.1. The molecule has 0 fully saturated rings. The van der Waals surface area contributed by atoms with E-state index in [1.54, 1.807) is 58.0 Å². The Morgan fingerprint density at radius 2 is 1.85 bits per heavy atom. The highest BCUT2D eigenvalue weighted by molar-refractivity contribution is 6.06. The number of nitriles is 1. The summed E-state index contributed by atoms with van der Waals surface area (Å²) in [5, 5.41) is 11.9. The summed E-state index contributed by atoms with van der Waals surface area (Å²) >= 11 is 0. The van der Waals surface area contributed by atoms with Crippen molar-refractivity contribution in [2.75, 3.05) is 18.4 Å². The minimum atomic E-state index is -0.488. The van der Waals surface area contributed by atoms with Gasteiger partial charge in [-0.25, -0.2) is 4.98 Å². The Morgan fingerprint density at radius 1 is 1.15 bits per heavy atom. The summed E-state index contributed by atoms with van der Waals surface area (Å²) in [7, 11) is 0. The van der Waals surface area contributed by atoms with E-state index in [0.29, 0.717) is 29.9 Å². The normalized spacial score (nSPS) is 10.4. The maximum absolute atomic E-state index is 12.8. The van der Waals surface area contributed by atoms with Gasteiger partial charge in [-0.2, -0.15) is 5.26 Å². The summed E-state index contributed by atoms with van der Waals surface area (Å²) in [5.41, 5.74) is 1.55. The molecule has 0 unspecified atom stereocenters. The highest BCUT2D eigenvalue weighted by Crippen LogP contribution is 2.18. The standard InChI is InChI=1S/C20H19N5O2/c1-3-24(4-2)20(27)17-16-11-7-8-12-25(16)18(23-17)19(26)22-15-10-6-5-9-14(15)13-21/h5-12H,3-4H2,1-2H3,(H,22,26). The second-order valence-electron chi connectivity index (χ2n) is 5.83. The maximum atomic E-state index is 12.8. The van der Waals surface area contributed by atoms with Crippen molar-refractivity contribution >= 4 is 23.0 Å². The smallest absolute Gasteiger partial charge is 0.292 e. The number of anilines is 1. The molecular weight excluding hydrogens is 342 g/mol. The zero-order chi connectivity index (χ0) is 19.4. The zero-order valence-corrected chi connectivity index (χ0v) is 15.1. The predicted octanol–water partition coefficient (Wildman–Crippen LogP) is 2.94. The molecule has 136 valence electrons. The number of nitrogens with zero attached hydrogens (tertiary/aromatic N) is 4. The van der Waals surface area contributed by atoms with Crippen molar-refractivity contribution in [2.45, 2.75) is 13.8 Å². The van der Waals surface area contributed by atoms with Gasteiger partial charge in [0.25, 0.3) is 11.8 Å². The number of rotatable bonds is 5. The molecule has 7 nitrogen and oxygen atoms in total. The third-order valence-electron chi connectivity index (χ3n) is 4.30. The lowest BCUT2D eigenvalue weighted by Gasteiger charge is -2.17. The number of amides is 2. The molecule has 0 aliphatic carbocycles. The number of benzene rings is 1. The van der Waals surface area contributed by atoms with Gasteiger partial charge >= 0.3 is 0 Å². The first-order valence-electron chi connectivity index (χ1n) is 8.67. The van der Waals surface area contributed by atoms with Crippen LogP contribution in [0.3, 0.4) is 0 Å². The van der Waals surface area contributed by atoms with E-state index in [-0.39, 0.29) is 17.4 Å². The second-order valence-corrected chi connectivity index (χ2v) is 5.83. The van der Waals surface area contributed by atoms with Crippen LogP contribution in [0.15, 0.2) is 48.7 Å². The average molecular weight is 361 g/mol. The van der Waals surface area contributed by atoms with Crippen LogP contribution in [0.2, 0.25) is 0 Å². The van der Waals surface area contributed by atoms with Gasteiger partial charge in [-0.1, -0.05) is 18.2 Å². The quantitative estimate of drug-likeness (QED) is 0.756. The molecular formula is C20H19N5O2. The van der Waals surface area contributed by atoms with Gasteiger partial charge in [0.05, 0.1) is 16.8 Å². The summed E-state index contributed by atoms with van der Waals surface area (Å²) in [6.07, 6.45) is 1.69. The highest BCUT2D eigenvalue weighted by Gasteiger charge is 2.24. The molecule has 0 aliphatic rings. The summed E-state index contributed by atoms with van der Waals surface area (Å²) in [6.45, 7) is 4.90. The Balaban J connectivity index is 2.04. The lowest BCUT2D eigenvalue weighted by Crippen LogP contribution is -2.31. The minimum absolute atomic E-state index is 0.0915. The van der Waals surface area contributed by atoms with E-state index in [2.05, 4.69) is 10.3 Å². The zero-order valence-electron chi connectivity index (χ0n) is 15.1. The number of aromatic nitrogens is 2. The van der Waals surface area contributed by atoms with E-state index < -0.39 is 5.91 Å². The summed E-state index contributed by atoms with van der Waals surface area (Å²) < 4.78 is 1.58. The van der Waals surface area contributed by atoms with Crippen LogP contribution in [-0.2, 0) is 0 Å². The first-order chi connectivity index (χ1) is 13.1. The van der Waals surface area contributed by atoms with Crippen LogP contribution < -0.4 is 5.32 Å². The molecule has 3 aromatic rings. The topological polar surface area (TPSA) is 90.5 Å². The van der Waals surface area contributed by atoms with Crippen molar-refractivity contribution in [3.8, 4) is 6.07 Å². The Labute approximate surface area is 156 Å². The lowest BCUT2D eigenvalue weighted by atomic mass is 10.2. The molecule has 0 atom stereocenters. The second kappa shape index (κ2) is 7.70. The fraction of sp³-hybridized carbons (Fsp3) is 0.200. The maximum Gasteiger partial charge on any atom is 0.292 e. The average Bonchev–Trinajstić information content (AvgIpc) is 3.09. The number of fused-ring (bicyclic) bond motifs is 1. The molecule has 3 rings (SSSR count). The Morgan fingerprint density at radius 3 is 2.56 bits per heavy atom. The molecule has 0 saturated heterocycles. The number of carbonyl (C=O) groups excluding carboxylic acids is 2. The van der Waals surface area contributed by atoms with Crippen LogP contribution in [0.5, 0.6) is 0 Å². The van der Waals surface area contributed by atoms with Gasteiger partial charge < -0.3 is 10.2 Å². The van der Waals surface area contributed by atoms with Crippen molar-refractivity contribution in [3.63, 3.8) is 0 Å². The van der Waals surface area contributed by atoms with Crippen molar-refractivity contribution in [2.24, 2.45) is 0 Å². The largest absolute Gasteiger partial charge is 0.338 e. The Bertz CT molecular complexity index is 1040. The third-order valence-corrected chi connectivity index (χ3v) is 4.30. The van der Waals surface area contributed by atoms with Gasteiger partial charge in [-0.3, -0.25) is 14.0 Å². The fourth-order valence-electron chi connectivity index (χ4n) is 2.88. The van der Waals surface area contributed by atoms with Gasteiger partial charge in [-0.15, -0.1) is 0 Å². The monoisotopic (exact) mass is 361 g/mol. The molecule has 1 aromatic carbocycles. The Hall–Kier alpha value is -3.66. The van der Waals surface area contributed by atoms with E-state index in [1.807, 2.05) is 19.9 Å². The highest BCUT2D eigenvalue weighted by atomic mass is 16.2. The number of hydrogen-bond acceptors (Lipinski definition) is 4. The van der Waals surface area contributed by atoms with E-state index >= 15 is 0 Å². The first-order valence-corrected chi connectivity index (χ1v) is 8.67. The molecule has 1 N–H and O–H groups in total. The van der Waals surface area contributed by atoms with Gasteiger partial charge in [-0.05, 0) is 38.1 Å². The van der Waals surface area contributed by atoms with Crippen LogP contribution >= 0.6 is 0 Å². The van der Waals surface area contributed by atoms with Crippen LogP contribution in [0.4, 0.5) is 5.69 Å². The van der Waals surface area contributed by atoms with Gasteiger partial charge in [0.1, 0.15) is 6.07 Å². The van der Waals surface area contributed by atoms with Crippen LogP contribution in [-0.4, -0.2) is 39.2 Å². The molecule has 0 radical (unpaired) electrons. The Kier molecular flexibility index (Phi) is 5.18. The van der Waals surface area contributed by atoms with E-state index in [0.717, 1.165) is 0 Å². The number of para-hydroxylation sites is 1. The van der Waals surface area contributed by atoms with Crippen molar-refractivity contribution in [1.29, 1.82) is 5.26 Å². The molecule has 0 aliphatic heterocycles. The first kappa shape index (κ1) is 18.1. The molecule has 0 bridgehead atoms. The number of pyridine rings is 1. The van der Waals surface area contributed by atoms with Crippen molar-refractivity contribution in [3.05, 3.63) is 65.7 Å². The predicted molar refractivity (Wildman–Crippen MR) is 102 cm³/mol. The number of imidazole rings is 1. The van der Waals surface area contributed by atoms with Gasteiger partial charge in [0.15, 0.2) is 5.69 Å².